The summed E-state index contributed by atoms with van der Waals surface area (Å²) in [5.74, 6) is -1.36. The quantitative estimate of drug-likeness (QED) is 0.0823. The molecule has 0 aliphatic rings. The number of fused-ring (bicyclic) bond motifs is 2. The molecule has 0 fully saturated rings. The molecule has 298 valence electrons. The molecule has 2 aromatic carbocycles. The molecule has 0 saturated carbocycles. The van der Waals surface area contributed by atoms with Gasteiger partial charge < -0.3 is 39.7 Å². The Kier molecular flexibility index (Phi) is 12.0. The van der Waals surface area contributed by atoms with Crippen molar-refractivity contribution in [2.75, 3.05) is 25.6 Å². The smallest absolute Gasteiger partial charge is 0.297 e. The molecule has 0 aliphatic heterocycles. The Labute approximate surface area is 330 Å². The molecule has 4 heterocycles. The first-order chi connectivity index (χ1) is 27.4. The van der Waals surface area contributed by atoms with Gasteiger partial charge in [-0.1, -0.05) is 23.5 Å². The average molecular weight is 798 g/mol. The summed E-state index contributed by atoms with van der Waals surface area (Å²) in [5, 5.41) is 16.7. The monoisotopic (exact) mass is 797 g/mol. The van der Waals surface area contributed by atoms with Crippen molar-refractivity contribution < 1.29 is 33.8 Å². The fourth-order valence-electron chi connectivity index (χ4n) is 6.32. The Hall–Kier alpha value is -6.60. The van der Waals surface area contributed by atoms with E-state index in [1.807, 2.05) is 26.0 Å². The van der Waals surface area contributed by atoms with Crippen LogP contribution in [-0.4, -0.2) is 82.5 Å². The molecular weight excluding hydrogens is 755 g/mol. The summed E-state index contributed by atoms with van der Waals surface area (Å²) in [4.78, 5) is 65.6. The predicted octanol–water partition coefficient (Wildman–Crippen LogP) is 3.32. The fourth-order valence-corrected chi connectivity index (χ4v) is 7.41. The third kappa shape index (κ3) is 8.33. The third-order valence-corrected chi connectivity index (χ3v) is 9.95. The number of amides is 4. The van der Waals surface area contributed by atoms with Gasteiger partial charge in [-0.25, -0.2) is 9.97 Å². The summed E-state index contributed by atoms with van der Waals surface area (Å²) < 4.78 is 19.1. The number of carbonyl (C=O) groups is 4. The molecule has 0 atom stereocenters. The maximum absolute atomic E-state index is 13.6. The van der Waals surface area contributed by atoms with Gasteiger partial charge in [0, 0.05) is 56.5 Å². The van der Waals surface area contributed by atoms with Crippen molar-refractivity contribution in [3.63, 3.8) is 0 Å². The van der Waals surface area contributed by atoms with Crippen LogP contribution in [0, 0.1) is 13.8 Å². The number of nitrogens with zero attached hydrogens (tertiary/aromatic N) is 8. The lowest BCUT2D eigenvalue weighted by Crippen LogP contribution is -2.20. The molecule has 0 unspecified atom stereocenters. The number of primary amides is 2. The number of hydrogen-bond donors (Lipinski definition) is 4. The molecule has 6 N–H and O–H groups in total. The number of anilines is 1. The third-order valence-electron chi connectivity index (χ3n) is 8.92. The van der Waals surface area contributed by atoms with Crippen molar-refractivity contribution in [2.45, 2.75) is 60.3 Å². The van der Waals surface area contributed by atoms with Crippen molar-refractivity contribution in [1.29, 1.82) is 0 Å². The number of aryl methyl sites for hydroxylation is 4. The minimum atomic E-state index is -0.697. The Balaban J connectivity index is 1.44. The van der Waals surface area contributed by atoms with Gasteiger partial charge in [-0.15, -0.1) is 0 Å². The number of thiazole rings is 1. The van der Waals surface area contributed by atoms with Gasteiger partial charge in [0.25, 0.3) is 11.8 Å². The van der Waals surface area contributed by atoms with Gasteiger partial charge in [0.05, 0.1) is 35.3 Å². The molecule has 0 spiro atoms. The molecule has 6 rings (SSSR count). The van der Waals surface area contributed by atoms with Crippen molar-refractivity contribution in [2.24, 2.45) is 16.5 Å². The van der Waals surface area contributed by atoms with E-state index in [0.29, 0.717) is 68.4 Å². The number of nitrogens with two attached hydrogens (primary N) is 2. The van der Waals surface area contributed by atoms with E-state index in [4.69, 9.17) is 20.9 Å². The van der Waals surface area contributed by atoms with Crippen LogP contribution in [0.5, 0.6) is 11.5 Å². The van der Waals surface area contributed by atoms with Gasteiger partial charge in [0.2, 0.25) is 17.8 Å². The summed E-state index contributed by atoms with van der Waals surface area (Å²) in [6.07, 6.45) is 5.77. The molecule has 19 heteroatoms. The number of aromatic nitrogens is 7. The fraction of sp³-hybridized carbons (Fsp3) is 0.316. The number of aliphatic hydroxyl groups is 1. The average Bonchev–Trinajstić information content (AvgIpc) is 3.95. The normalized spacial score (nSPS) is 11.9. The molecule has 4 amide bonds. The summed E-state index contributed by atoms with van der Waals surface area (Å²) in [6.45, 7) is 8.71. The van der Waals surface area contributed by atoms with E-state index in [0.717, 1.165) is 0 Å². The SMILES string of the molecule is CCn1cc(C)nc1C(=O)Nc1nc2cc(C(N)=O)cc(OCCCO)c2n1C/C=C/Cn1c(=NC(=O)c2cc(C)nn2CC)sc2cc(C(N)=O)cc(OC)c21. The Bertz CT molecular complexity index is 2630. The maximum Gasteiger partial charge on any atom is 0.297 e. The highest BCUT2D eigenvalue weighted by atomic mass is 32.1. The first kappa shape index (κ1) is 40.1. The van der Waals surface area contributed by atoms with Crippen LogP contribution in [-0.2, 0) is 26.2 Å². The molecule has 4 aromatic heterocycles. The largest absolute Gasteiger partial charge is 0.494 e. The van der Waals surface area contributed by atoms with E-state index in [2.05, 4.69) is 25.4 Å². The molecule has 0 radical (unpaired) electrons. The number of ether oxygens (including phenoxy) is 2. The zero-order valence-electron chi connectivity index (χ0n) is 32.1. The number of hydrogen-bond acceptors (Lipinski definition) is 11. The second kappa shape index (κ2) is 17.0. The second-order valence-corrected chi connectivity index (χ2v) is 13.9. The van der Waals surface area contributed by atoms with E-state index < -0.39 is 23.6 Å². The van der Waals surface area contributed by atoms with E-state index in [9.17, 15) is 24.3 Å². The van der Waals surface area contributed by atoms with Crippen LogP contribution < -0.4 is 31.1 Å². The number of benzene rings is 2. The lowest BCUT2D eigenvalue weighted by atomic mass is 10.1. The number of carbonyl (C=O) groups excluding carboxylic acids is 4. The summed E-state index contributed by atoms with van der Waals surface area (Å²) in [7, 11) is 1.47. The Morgan fingerprint density at radius 3 is 2.28 bits per heavy atom. The van der Waals surface area contributed by atoms with Gasteiger partial charge in [0.1, 0.15) is 28.2 Å². The van der Waals surface area contributed by atoms with Crippen LogP contribution in [0.1, 0.15) is 73.5 Å². The number of rotatable bonds is 16. The minimum absolute atomic E-state index is 0.114. The number of imidazole rings is 2. The van der Waals surface area contributed by atoms with E-state index >= 15 is 0 Å². The Morgan fingerprint density at radius 2 is 1.61 bits per heavy atom. The highest BCUT2D eigenvalue weighted by Gasteiger charge is 2.23. The number of methoxy groups -OCH3 is 1. The van der Waals surface area contributed by atoms with Gasteiger partial charge in [-0.2, -0.15) is 10.1 Å². The Morgan fingerprint density at radius 1 is 0.912 bits per heavy atom. The van der Waals surface area contributed by atoms with Gasteiger partial charge in [0.15, 0.2) is 10.6 Å². The van der Waals surface area contributed by atoms with Crippen molar-refractivity contribution >= 4 is 62.2 Å². The van der Waals surface area contributed by atoms with Crippen molar-refractivity contribution in [3.05, 3.63) is 87.5 Å². The molecule has 0 bridgehead atoms. The maximum atomic E-state index is 13.6. The number of allylic oxidation sites excluding steroid dienone is 2. The van der Waals surface area contributed by atoms with Crippen LogP contribution in [0.2, 0.25) is 0 Å². The highest BCUT2D eigenvalue weighted by Crippen LogP contribution is 2.32. The zero-order valence-corrected chi connectivity index (χ0v) is 32.9. The highest BCUT2D eigenvalue weighted by molar-refractivity contribution is 7.16. The molecule has 57 heavy (non-hydrogen) atoms. The topological polar surface area (TPSA) is 242 Å². The molecule has 6 aromatic rings. The summed E-state index contributed by atoms with van der Waals surface area (Å²) >= 11 is 1.19. The molecule has 18 nitrogen and oxygen atoms in total. The minimum Gasteiger partial charge on any atom is -0.494 e. The molecule has 0 saturated heterocycles. The van der Waals surface area contributed by atoms with Crippen LogP contribution in [0.15, 0.2) is 53.7 Å². The number of aliphatic hydroxyl groups excluding tert-OH is 1. The first-order valence-electron chi connectivity index (χ1n) is 18.1. The van der Waals surface area contributed by atoms with Crippen LogP contribution in [0.25, 0.3) is 21.3 Å². The lowest BCUT2D eigenvalue weighted by Gasteiger charge is -2.13. The van der Waals surface area contributed by atoms with Gasteiger partial charge >= 0.3 is 0 Å². The summed E-state index contributed by atoms with van der Waals surface area (Å²) in [5.41, 5.74) is 14.7. The first-order valence-corrected chi connectivity index (χ1v) is 18.9. The van der Waals surface area contributed by atoms with E-state index in [1.54, 1.807) is 50.6 Å². The number of nitrogens with one attached hydrogen (secondary N) is 1. The zero-order chi connectivity index (χ0) is 41.0. The van der Waals surface area contributed by atoms with Crippen LogP contribution in [0.3, 0.4) is 0 Å². The predicted molar refractivity (Wildman–Crippen MR) is 213 cm³/mol. The van der Waals surface area contributed by atoms with E-state index in [1.165, 1.54) is 36.6 Å². The molecular formula is C38H43N11O7S. The van der Waals surface area contributed by atoms with Gasteiger partial charge in [-0.05, 0) is 58.0 Å². The summed E-state index contributed by atoms with van der Waals surface area (Å²) in [6, 6.07) is 7.86. The van der Waals surface area contributed by atoms with Gasteiger partial charge in [-0.3, -0.25) is 29.2 Å². The van der Waals surface area contributed by atoms with Crippen LogP contribution in [0.4, 0.5) is 5.95 Å². The second-order valence-electron chi connectivity index (χ2n) is 12.9. The molecule has 0 aliphatic carbocycles. The van der Waals surface area contributed by atoms with Crippen LogP contribution >= 0.6 is 11.3 Å². The van der Waals surface area contributed by atoms with Crippen molar-refractivity contribution in [3.8, 4) is 11.5 Å². The lowest BCUT2D eigenvalue weighted by molar-refractivity contribution is 0.0982. The standard InChI is InChI=1S/C38H43N11O7S/c1-6-46-20-22(4)41-34(46)36(54)43-37-42-25-16-23(32(39)51)18-28(56-14-10-13-50)30(25)47(37)11-8-9-12-48-31-27(55-5)17-24(33(40)52)19-29(31)57-38(48)44-35(53)26-15-21(3)45-49(26)7-2/h8-9,15-20,50H,6-7,10-14H2,1-5H3,(H2,39,51)(H2,40,52)(H,42,43,54)/b9-8+,44-38?. The van der Waals surface area contributed by atoms with E-state index in [-0.39, 0.29) is 55.0 Å². The van der Waals surface area contributed by atoms with Crippen molar-refractivity contribution in [1.82, 2.24) is 33.4 Å².